The van der Waals surface area contributed by atoms with Crippen molar-refractivity contribution in [2.75, 3.05) is 5.73 Å². The highest BCUT2D eigenvalue weighted by molar-refractivity contribution is 5.67. The van der Waals surface area contributed by atoms with Crippen LogP contribution in [-0.4, -0.2) is 9.97 Å². The molecule has 0 bridgehead atoms. The van der Waals surface area contributed by atoms with E-state index in [1.54, 1.807) is 0 Å². The predicted molar refractivity (Wildman–Crippen MR) is 80.0 cm³/mol. The molecule has 0 aliphatic heterocycles. The minimum atomic E-state index is 0.586. The first-order valence-electron chi connectivity index (χ1n) is 6.88. The molecule has 3 heteroatoms. The summed E-state index contributed by atoms with van der Waals surface area (Å²) in [7, 11) is 0. The van der Waals surface area contributed by atoms with Crippen molar-refractivity contribution in [3.8, 4) is 11.3 Å². The van der Waals surface area contributed by atoms with Crippen molar-refractivity contribution in [2.45, 2.75) is 40.0 Å². The second-order valence-corrected chi connectivity index (χ2v) is 4.80. The van der Waals surface area contributed by atoms with Gasteiger partial charge < -0.3 is 5.73 Å². The minimum Gasteiger partial charge on any atom is -0.383 e. The van der Waals surface area contributed by atoms with E-state index in [0.717, 1.165) is 41.9 Å². The average Bonchev–Trinajstić information content (AvgIpc) is 2.42. The molecule has 0 amide bonds. The number of nitrogen functional groups attached to an aromatic ring is 1. The summed E-state index contributed by atoms with van der Waals surface area (Å²) in [5.41, 5.74) is 10.4. The summed E-state index contributed by atoms with van der Waals surface area (Å²) in [6.07, 6.45) is 3.04. The van der Waals surface area contributed by atoms with Crippen molar-refractivity contribution in [3.05, 3.63) is 41.2 Å². The molecule has 2 N–H and O–H groups in total. The summed E-state index contributed by atoms with van der Waals surface area (Å²) in [6.45, 7) is 6.22. The maximum atomic E-state index is 5.98. The van der Waals surface area contributed by atoms with Gasteiger partial charge in [0.1, 0.15) is 11.6 Å². The quantitative estimate of drug-likeness (QED) is 0.909. The van der Waals surface area contributed by atoms with Crippen molar-refractivity contribution in [3.63, 3.8) is 0 Å². The number of aryl methyl sites for hydroxylation is 2. The summed E-state index contributed by atoms with van der Waals surface area (Å²) >= 11 is 0. The SMILES string of the molecule is CCCc1cccc(-c2nc(CC)nc(N)c2C)c1. The van der Waals surface area contributed by atoms with Crippen LogP contribution in [0.1, 0.15) is 37.2 Å². The van der Waals surface area contributed by atoms with Crippen LogP contribution in [0.4, 0.5) is 5.82 Å². The maximum absolute atomic E-state index is 5.98. The lowest BCUT2D eigenvalue weighted by atomic mass is 10.0. The molecular formula is C16H21N3. The minimum absolute atomic E-state index is 0.586. The summed E-state index contributed by atoms with van der Waals surface area (Å²) in [4.78, 5) is 8.93. The number of nitrogens with zero attached hydrogens (tertiary/aromatic N) is 2. The molecule has 1 aromatic carbocycles. The van der Waals surface area contributed by atoms with Crippen LogP contribution in [0.5, 0.6) is 0 Å². The Morgan fingerprint density at radius 2 is 1.95 bits per heavy atom. The Morgan fingerprint density at radius 1 is 1.16 bits per heavy atom. The molecule has 19 heavy (non-hydrogen) atoms. The van der Waals surface area contributed by atoms with Gasteiger partial charge in [0.05, 0.1) is 5.69 Å². The first kappa shape index (κ1) is 13.5. The standard InChI is InChI=1S/C16H21N3/c1-4-7-12-8-6-9-13(10-12)15-11(3)16(17)19-14(5-2)18-15/h6,8-10H,4-5,7H2,1-3H3,(H2,17,18,19). The van der Waals surface area contributed by atoms with E-state index in [4.69, 9.17) is 5.73 Å². The Hall–Kier alpha value is -1.90. The van der Waals surface area contributed by atoms with Crippen molar-refractivity contribution in [1.82, 2.24) is 9.97 Å². The molecule has 2 rings (SSSR count). The Balaban J connectivity index is 2.51. The molecule has 0 unspecified atom stereocenters. The van der Waals surface area contributed by atoms with Crippen molar-refractivity contribution in [1.29, 1.82) is 0 Å². The van der Waals surface area contributed by atoms with Crippen LogP contribution in [0.3, 0.4) is 0 Å². The van der Waals surface area contributed by atoms with Crippen molar-refractivity contribution < 1.29 is 0 Å². The van der Waals surface area contributed by atoms with Gasteiger partial charge in [0.2, 0.25) is 0 Å². The van der Waals surface area contributed by atoms with Gasteiger partial charge in [0.25, 0.3) is 0 Å². The number of aromatic nitrogens is 2. The molecule has 2 aromatic rings. The number of hydrogen-bond acceptors (Lipinski definition) is 3. The number of hydrogen-bond donors (Lipinski definition) is 1. The third-order valence-electron chi connectivity index (χ3n) is 3.29. The lowest BCUT2D eigenvalue weighted by molar-refractivity contribution is 0.920. The number of benzene rings is 1. The molecule has 1 aromatic heterocycles. The number of anilines is 1. The first-order valence-corrected chi connectivity index (χ1v) is 6.88. The normalized spacial score (nSPS) is 10.7. The Bertz CT molecular complexity index is 576. The third-order valence-corrected chi connectivity index (χ3v) is 3.29. The number of nitrogens with two attached hydrogens (primary N) is 1. The van der Waals surface area contributed by atoms with E-state index in [2.05, 4.69) is 41.2 Å². The lowest BCUT2D eigenvalue weighted by Gasteiger charge is -2.10. The van der Waals surface area contributed by atoms with Gasteiger partial charge in [-0.25, -0.2) is 9.97 Å². The van der Waals surface area contributed by atoms with Crippen LogP contribution in [0, 0.1) is 6.92 Å². The summed E-state index contributed by atoms with van der Waals surface area (Å²) in [6, 6.07) is 8.54. The van der Waals surface area contributed by atoms with Gasteiger partial charge in [0.15, 0.2) is 0 Å². The average molecular weight is 255 g/mol. The van der Waals surface area contributed by atoms with Gasteiger partial charge in [-0.3, -0.25) is 0 Å². The van der Waals surface area contributed by atoms with E-state index in [1.165, 1.54) is 5.56 Å². The van der Waals surface area contributed by atoms with Gasteiger partial charge in [-0.05, 0) is 25.0 Å². The van der Waals surface area contributed by atoms with E-state index in [1.807, 2.05) is 13.8 Å². The molecule has 0 aliphatic rings. The van der Waals surface area contributed by atoms with Crippen LogP contribution in [0.25, 0.3) is 11.3 Å². The Labute approximate surface area is 114 Å². The fraction of sp³-hybridized carbons (Fsp3) is 0.375. The molecular weight excluding hydrogens is 234 g/mol. The van der Waals surface area contributed by atoms with Crippen LogP contribution < -0.4 is 5.73 Å². The van der Waals surface area contributed by atoms with Crippen molar-refractivity contribution >= 4 is 5.82 Å². The van der Waals surface area contributed by atoms with Gasteiger partial charge in [0, 0.05) is 17.5 Å². The van der Waals surface area contributed by atoms with Gasteiger partial charge >= 0.3 is 0 Å². The van der Waals surface area contributed by atoms with E-state index in [-0.39, 0.29) is 0 Å². The molecule has 100 valence electrons. The van der Waals surface area contributed by atoms with E-state index < -0.39 is 0 Å². The molecule has 0 spiro atoms. The zero-order chi connectivity index (χ0) is 13.8. The van der Waals surface area contributed by atoms with Crippen LogP contribution in [0.2, 0.25) is 0 Å². The topological polar surface area (TPSA) is 51.8 Å². The summed E-state index contributed by atoms with van der Waals surface area (Å²) in [5.74, 6) is 1.39. The number of rotatable bonds is 4. The lowest BCUT2D eigenvalue weighted by Crippen LogP contribution is -2.04. The molecule has 0 atom stereocenters. The van der Waals surface area contributed by atoms with Gasteiger partial charge in [-0.2, -0.15) is 0 Å². The van der Waals surface area contributed by atoms with Crippen LogP contribution in [0.15, 0.2) is 24.3 Å². The van der Waals surface area contributed by atoms with Crippen LogP contribution in [-0.2, 0) is 12.8 Å². The monoisotopic (exact) mass is 255 g/mol. The molecule has 1 heterocycles. The van der Waals surface area contributed by atoms with Crippen LogP contribution >= 0.6 is 0 Å². The zero-order valence-electron chi connectivity index (χ0n) is 11.9. The summed E-state index contributed by atoms with van der Waals surface area (Å²) < 4.78 is 0. The van der Waals surface area contributed by atoms with Gasteiger partial charge in [-0.1, -0.05) is 38.5 Å². The third kappa shape index (κ3) is 2.92. The first-order chi connectivity index (χ1) is 9.15. The maximum Gasteiger partial charge on any atom is 0.131 e. The molecule has 0 saturated carbocycles. The zero-order valence-corrected chi connectivity index (χ0v) is 11.9. The fourth-order valence-corrected chi connectivity index (χ4v) is 2.18. The van der Waals surface area contributed by atoms with E-state index >= 15 is 0 Å². The van der Waals surface area contributed by atoms with Crippen molar-refractivity contribution in [2.24, 2.45) is 0 Å². The molecule has 0 aliphatic carbocycles. The molecule has 0 fully saturated rings. The second kappa shape index (κ2) is 5.83. The smallest absolute Gasteiger partial charge is 0.131 e. The van der Waals surface area contributed by atoms with E-state index in [9.17, 15) is 0 Å². The summed E-state index contributed by atoms with van der Waals surface area (Å²) in [5, 5.41) is 0. The molecule has 0 saturated heterocycles. The Morgan fingerprint density at radius 3 is 2.63 bits per heavy atom. The van der Waals surface area contributed by atoms with E-state index in [0.29, 0.717) is 5.82 Å². The Kier molecular flexibility index (Phi) is 4.15. The predicted octanol–water partition coefficient (Wildman–Crippen LogP) is 3.55. The second-order valence-electron chi connectivity index (χ2n) is 4.80. The van der Waals surface area contributed by atoms with Gasteiger partial charge in [-0.15, -0.1) is 0 Å². The highest BCUT2D eigenvalue weighted by Gasteiger charge is 2.10. The molecule has 0 radical (unpaired) electrons. The largest absolute Gasteiger partial charge is 0.383 e. The fourth-order valence-electron chi connectivity index (χ4n) is 2.18. The highest BCUT2D eigenvalue weighted by Crippen LogP contribution is 2.25. The highest BCUT2D eigenvalue weighted by atomic mass is 15.0. The molecule has 3 nitrogen and oxygen atoms in total.